The van der Waals surface area contributed by atoms with Crippen molar-refractivity contribution >= 4 is 18.0 Å². The summed E-state index contributed by atoms with van der Waals surface area (Å²) in [5.41, 5.74) is 2.14. The molecule has 0 aliphatic heterocycles. The van der Waals surface area contributed by atoms with E-state index < -0.39 is 0 Å². The molecule has 4 nitrogen and oxygen atoms in total. The fourth-order valence-electron chi connectivity index (χ4n) is 2.11. The van der Waals surface area contributed by atoms with Crippen molar-refractivity contribution in [1.82, 2.24) is 4.90 Å². The Morgan fingerprint density at radius 3 is 2.64 bits per heavy atom. The molecule has 0 heterocycles. The van der Waals surface area contributed by atoms with Crippen LogP contribution in [0.2, 0.25) is 0 Å². The van der Waals surface area contributed by atoms with Crippen LogP contribution in [0.4, 0.5) is 0 Å². The Morgan fingerprint density at radius 2 is 2.05 bits per heavy atom. The summed E-state index contributed by atoms with van der Waals surface area (Å²) in [6, 6.07) is 7.95. The second kappa shape index (κ2) is 9.03. The van der Waals surface area contributed by atoms with Crippen LogP contribution >= 0.6 is 0 Å². The number of aryl methyl sites for hydroxylation is 1. The van der Waals surface area contributed by atoms with E-state index in [0.29, 0.717) is 19.0 Å². The molecule has 1 amide bonds. The number of hydrogen-bond acceptors (Lipinski definition) is 3. The highest BCUT2D eigenvalue weighted by Gasteiger charge is 2.14. The summed E-state index contributed by atoms with van der Waals surface area (Å²) >= 11 is 0. The third-order valence-corrected chi connectivity index (χ3v) is 3.17. The van der Waals surface area contributed by atoms with Gasteiger partial charge in [0.1, 0.15) is 0 Å². The lowest BCUT2D eigenvalue weighted by molar-refractivity contribution is -0.141. The summed E-state index contributed by atoms with van der Waals surface area (Å²) in [6.07, 6.45) is 3.59. The van der Waals surface area contributed by atoms with Crippen LogP contribution in [-0.2, 0) is 14.3 Å². The molecule has 120 valence electrons. The molecule has 0 atom stereocenters. The van der Waals surface area contributed by atoms with Gasteiger partial charge in [0, 0.05) is 19.2 Å². The van der Waals surface area contributed by atoms with Crippen LogP contribution in [0, 0.1) is 12.8 Å². The van der Waals surface area contributed by atoms with E-state index in [0.717, 1.165) is 11.1 Å². The predicted molar refractivity (Wildman–Crippen MR) is 88.3 cm³/mol. The summed E-state index contributed by atoms with van der Waals surface area (Å²) in [5.74, 6) is -0.0442. The normalized spacial score (nSPS) is 11.0. The molecule has 22 heavy (non-hydrogen) atoms. The van der Waals surface area contributed by atoms with Crippen LogP contribution in [-0.4, -0.2) is 37.0 Å². The molecule has 1 rings (SSSR count). The van der Waals surface area contributed by atoms with Crippen molar-refractivity contribution in [3.63, 3.8) is 0 Å². The maximum absolute atomic E-state index is 12.3. The van der Waals surface area contributed by atoms with Gasteiger partial charge in [-0.3, -0.25) is 9.59 Å². The van der Waals surface area contributed by atoms with Crippen LogP contribution in [0.3, 0.4) is 0 Å². The number of benzene rings is 1. The van der Waals surface area contributed by atoms with Crippen LogP contribution < -0.4 is 0 Å². The van der Waals surface area contributed by atoms with Gasteiger partial charge in [-0.05, 0) is 24.5 Å². The third-order valence-electron chi connectivity index (χ3n) is 3.17. The fraction of sp³-hybridized carbons (Fsp3) is 0.444. The monoisotopic (exact) mass is 303 g/mol. The molecule has 0 aliphatic rings. The van der Waals surface area contributed by atoms with E-state index in [1.54, 1.807) is 17.1 Å². The number of carbonyl (C=O) groups is 2. The van der Waals surface area contributed by atoms with E-state index >= 15 is 0 Å². The smallest absolute Gasteiger partial charge is 0.307 e. The molecule has 0 unspecified atom stereocenters. The van der Waals surface area contributed by atoms with Crippen LogP contribution in [0.1, 0.15) is 31.4 Å². The number of nitrogens with zero attached hydrogens (tertiary/aromatic N) is 1. The van der Waals surface area contributed by atoms with Crippen molar-refractivity contribution < 1.29 is 14.3 Å². The van der Waals surface area contributed by atoms with E-state index in [1.807, 2.05) is 45.0 Å². The first-order valence-electron chi connectivity index (χ1n) is 7.53. The molecule has 1 aromatic rings. The maximum Gasteiger partial charge on any atom is 0.307 e. The topological polar surface area (TPSA) is 46.6 Å². The first-order valence-corrected chi connectivity index (χ1v) is 7.53. The Hall–Kier alpha value is -2.10. The lowest BCUT2D eigenvalue weighted by atomic mass is 10.1. The summed E-state index contributed by atoms with van der Waals surface area (Å²) in [4.78, 5) is 25.3. The minimum Gasteiger partial charge on any atom is -0.469 e. The SMILES string of the molecule is COC(=O)CCN(CC(C)C)C(=O)C=Cc1cccc(C)c1. The van der Waals surface area contributed by atoms with Crippen LogP contribution in [0.15, 0.2) is 30.3 Å². The highest BCUT2D eigenvalue weighted by Crippen LogP contribution is 2.08. The van der Waals surface area contributed by atoms with Gasteiger partial charge >= 0.3 is 5.97 Å². The Morgan fingerprint density at radius 1 is 1.32 bits per heavy atom. The maximum atomic E-state index is 12.3. The standard InChI is InChI=1S/C18H25NO3/c1-14(2)13-19(11-10-18(21)22-4)17(20)9-8-16-7-5-6-15(3)12-16/h5-9,12,14H,10-11,13H2,1-4H3. The second-order valence-electron chi connectivity index (χ2n) is 5.75. The number of carbonyl (C=O) groups excluding carboxylic acids is 2. The van der Waals surface area contributed by atoms with Gasteiger partial charge in [0.05, 0.1) is 13.5 Å². The average Bonchev–Trinajstić information content (AvgIpc) is 2.48. The van der Waals surface area contributed by atoms with E-state index in [4.69, 9.17) is 0 Å². The highest BCUT2D eigenvalue weighted by atomic mass is 16.5. The molecule has 0 saturated heterocycles. The van der Waals surface area contributed by atoms with Crippen LogP contribution in [0.25, 0.3) is 6.08 Å². The van der Waals surface area contributed by atoms with Gasteiger partial charge < -0.3 is 9.64 Å². The molecule has 0 N–H and O–H groups in total. The predicted octanol–water partition coefficient (Wildman–Crippen LogP) is 3.06. The van der Waals surface area contributed by atoms with E-state index in [1.165, 1.54) is 7.11 Å². The molecule has 0 fully saturated rings. The molecule has 0 bridgehead atoms. The van der Waals surface area contributed by atoms with Crippen molar-refractivity contribution in [3.05, 3.63) is 41.5 Å². The van der Waals surface area contributed by atoms with Crippen molar-refractivity contribution in [2.75, 3.05) is 20.2 Å². The minimum atomic E-state index is -0.302. The first kappa shape index (κ1) is 18.0. The van der Waals surface area contributed by atoms with Gasteiger partial charge in [0.25, 0.3) is 0 Å². The molecule has 0 aliphatic carbocycles. The number of hydrogen-bond donors (Lipinski definition) is 0. The molecule has 1 aromatic carbocycles. The van der Waals surface area contributed by atoms with Crippen molar-refractivity contribution in [2.24, 2.45) is 5.92 Å². The Bertz CT molecular complexity index is 535. The quantitative estimate of drug-likeness (QED) is 0.574. The molecular weight excluding hydrogens is 278 g/mol. The van der Waals surface area contributed by atoms with Crippen LogP contribution in [0.5, 0.6) is 0 Å². The average molecular weight is 303 g/mol. The van der Waals surface area contributed by atoms with Gasteiger partial charge in [-0.1, -0.05) is 43.7 Å². The van der Waals surface area contributed by atoms with Gasteiger partial charge in [-0.25, -0.2) is 0 Å². The van der Waals surface area contributed by atoms with E-state index in [9.17, 15) is 9.59 Å². The zero-order valence-corrected chi connectivity index (χ0v) is 13.8. The highest BCUT2D eigenvalue weighted by molar-refractivity contribution is 5.92. The third kappa shape index (κ3) is 6.57. The van der Waals surface area contributed by atoms with Crippen molar-refractivity contribution in [2.45, 2.75) is 27.2 Å². The van der Waals surface area contributed by atoms with Gasteiger partial charge in [0.2, 0.25) is 5.91 Å². The second-order valence-corrected chi connectivity index (χ2v) is 5.75. The van der Waals surface area contributed by atoms with E-state index in [2.05, 4.69) is 4.74 Å². The number of amides is 1. The lowest BCUT2D eigenvalue weighted by Gasteiger charge is -2.22. The van der Waals surface area contributed by atoms with Gasteiger partial charge in [0.15, 0.2) is 0 Å². The summed E-state index contributed by atoms with van der Waals surface area (Å²) < 4.78 is 4.63. The number of rotatable bonds is 7. The van der Waals surface area contributed by atoms with E-state index in [-0.39, 0.29) is 18.3 Å². The molecule has 0 spiro atoms. The van der Waals surface area contributed by atoms with Crippen molar-refractivity contribution in [3.8, 4) is 0 Å². The zero-order valence-electron chi connectivity index (χ0n) is 13.8. The number of methoxy groups -OCH3 is 1. The number of ether oxygens (including phenoxy) is 1. The summed E-state index contributed by atoms with van der Waals surface area (Å²) in [6.45, 7) is 7.10. The molecule has 0 aromatic heterocycles. The largest absolute Gasteiger partial charge is 0.469 e. The first-order chi connectivity index (χ1) is 10.4. The van der Waals surface area contributed by atoms with Gasteiger partial charge in [-0.2, -0.15) is 0 Å². The molecule has 0 radical (unpaired) electrons. The Labute approximate surface area is 132 Å². The fourth-order valence-corrected chi connectivity index (χ4v) is 2.11. The molecule has 4 heteroatoms. The molecule has 0 saturated carbocycles. The number of esters is 1. The zero-order chi connectivity index (χ0) is 16.5. The Balaban J connectivity index is 2.71. The summed E-state index contributed by atoms with van der Waals surface area (Å²) in [5, 5.41) is 0. The minimum absolute atomic E-state index is 0.0842. The lowest BCUT2D eigenvalue weighted by Crippen LogP contribution is -2.34. The van der Waals surface area contributed by atoms with Gasteiger partial charge in [-0.15, -0.1) is 0 Å². The molecular formula is C18H25NO3. The summed E-state index contributed by atoms with van der Waals surface area (Å²) in [7, 11) is 1.36. The van der Waals surface area contributed by atoms with Crippen molar-refractivity contribution in [1.29, 1.82) is 0 Å². The Kier molecular flexibility index (Phi) is 7.37.